The van der Waals surface area contributed by atoms with Crippen LogP contribution < -0.4 is 5.32 Å². The number of alkyl carbamates (subject to hydrolysis) is 1. The Labute approximate surface area is 120 Å². The Hall–Kier alpha value is -2.20. The van der Waals surface area contributed by atoms with Gasteiger partial charge in [0.1, 0.15) is 12.7 Å². The third-order valence-corrected chi connectivity index (χ3v) is 3.33. The minimum absolute atomic E-state index is 0.0595. The highest BCUT2D eigenvalue weighted by molar-refractivity contribution is 7.86. The molecule has 21 heavy (non-hydrogen) atoms. The van der Waals surface area contributed by atoms with E-state index in [1.54, 1.807) is 0 Å². The van der Waals surface area contributed by atoms with E-state index in [1.165, 1.54) is 24.3 Å². The van der Waals surface area contributed by atoms with Gasteiger partial charge in [-0.15, -0.1) is 0 Å². The molecule has 1 fully saturated rings. The number of nitrogens with zero attached hydrogens (tertiary/aromatic N) is 1. The first-order valence-electron chi connectivity index (χ1n) is 5.82. The number of carbonyl (C=O) groups excluding carboxylic acids is 1. The molecule has 2 unspecified atom stereocenters. The smallest absolute Gasteiger partial charge is 0.407 e. The van der Waals surface area contributed by atoms with Gasteiger partial charge in [0.25, 0.3) is 15.8 Å². The summed E-state index contributed by atoms with van der Waals surface area (Å²) in [5, 5.41) is 13.0. The Morgan fingerprint density at radius 2 is 2.05 bits per heavy atom. The maximum atomic E-state index is 11.3. The molecule has 0 radical (unpaired) electrons. The standard InChI is InChI=1S/C11H12N2O7S/c1-21(17,18)20-10(9-6-19-11(14)12-9)7-2-4-8(5-3-7)13(15)16/h2-5,9-10H,6H2,1H3,(H,12,14). The summed E-state index contributed by atoms with van der Waals surface area (Å²) in [6.07, 6.45) is -0.820. The van der Waals surface area contributed by atoms with Crippen LogP contribution >= 0.6 is 0 Å². The zero-order valence-corrected chi connectivity index (χ0v) is 11.7. The van der Waals surface area contributed by atoms with Crippen molar-refractivity contribution in [3.63, 3.8) is 0 Å². The summed E-state index contributed by atoms with van der Waals surface area (Å²) >= 11 is 0. The Bertz CT molecular complexity index is 656. The average molecular weight is 316 g/mol. The fraction of sp³-hybridized carbons (Fsp3) is 0.364. The van der Waals surface area contributed by atoms with Gasteiger partial charge in [0.15, 0.2) is 0 Å². The number of non-ortho nitro benzene ring substituents is 1. The minimum atomic E-state index is -3.79. The third kappa shape index (κ3) is 3.89. The highest BCUT2D eigenvalue weighted by atomic mass is 32.2. The molecule has 9 nitrogen and oxygen atoms in total. The Balaban J connectivity index is 2.30. The SMILES string of the molecule is CS(=O)(=O)OC(c1ccc([N+](=O)[O-])cc1)C1COC(=O)N1. The normalized spacial score (nSPS) is 19.7. The second kappa shape index (κ2) is 5.66. The summed E-state index contributed by atoms with van der Waals surface area (Å²) in [7, 11) is -3.79. The molecule has 1 aliphatic heterocycles. The Morgan fingerprint density at radius 1 is 1.43 bits per heavy atom. The number of ether oxygens (including phenoxy) is 1. The van der Waals surface area contributed by atoms with Gasteiger partial charge < -0.3 is 10.1 Å². The van der Waals surface area contributed by atoms with Crippen LogP contribution in [0.2, 0.25) is 0 Å². The van der Waals surface area contributed by atoms with Crippen LogP contribution in [0.1, 0.15) is 11.7 Å². The van der Waals surface area contributed by atoms with Crippen molar-refractivity contribution in [3.8, 4) is 0 Å². The first-order chi connectivity index (χ1) is 9.76. The molecule has 0 saturated carbocycles. The maximum absolute atomic E-state index is 11.3. The molecule has 1 saturated heterocycles. The number of hydrogen-bond acceptors (Lipinski definition) is 7. The quantitative estimate of drug-likeness (QED) is 0.482. The van der Waals surface area contributed by atoms with Gasteiger partial charge >= 0.3 is 6.09 Å². The number of amides is 1. The van der Waals surface area contributed by atoms with E-state index in [0.717, 1.165) is 6.26 Å². The van der Waals surface area contributed by atoms with Gasteiger partial charge in [-0.25, -0.2) is 4.79 Å². The van der Waals surface area contributed by atoms with E-state index in [-0.39, 0.29) is 12.3 Å². The Morgan fingerprint density at radius 3 is 2.48 bits per heavy atom. The lowest BCUT2D eigenvalue weighted by molar-refractivity contribution is -0.384. The predicted molar refractivity (Wildman–Crippen MR) is 70.0 cm³/mol. The van der Waals surface area contributed by atoms with E-state index in [9.17, 15) is 23.3 Å². The van der Waals surface area contributed by atoms with Gasteiger partial charge in [-0.1, -0.05) is 0 Å². The van der Waals surface area contributed by atoms with Crippen LogP contribution in [0.15, 0.2) is 24.3 Å². The van der Waals surface area contributed by atoms with Crippen molar-refractivity contribution in [1.82, 2.24) is 5.32 Å². The topological polar surface area (TPSA) is 125 Å². The van der Waals surface area contributed by atoms with Crippen molar-refractivity contribution in [3.05, 3.63) is 39.9 Å². The van der Waals surface area contributed by atoms with Gasteiger partial charge in [0, 0.05) is 12.1 Å². The fourth-order valence-electron chi connectivity index (χ4n) is 1.89. The molecule has 10 heteroatoms. The van der Waals surface area contributed by atoms with E-state index in [1.807, 2.05) is 0 Å². The number of benzene rings is 1. The largest absolute Gasteiger partial charge is 0.447 e. The first kappa shape index (κ1) is 15.2. The number of hydrogen-bond donors (Lipinski definition) is 1. The molecular formula is C11H12N2O7S. The maximum Gasteiger partial charge on any atom is 0.407 e. The molecular weight excluding hydrogens is 304 g/mol. The average Bonchev–Trinajstić information content (AvgIpc) is 2.81. The number of carbonyl (C=O) groups is 1. The van der Waals surface area contributed by atoms with Crippen LogP contribution in [0.5, 0.6) is 0 Å². The summed E-state index contributed by atoms with van der Waals surface area (Å²) in [6.45, 7) is -0.0595. The monoisotopic (exact) mass is 316 g/mol. The molecule has 1 amide bonds. The van der Waals surface area contributed by atoms with E-state index in [0.29, 0.717) is 5.56 Å². The molecule has 114 valence electrons. The Kier molecular flexibility index (Phi) is 4.09. The van der Waals surface area contributed by atoms with E-state index in [4.69, 9.17) is 8.92 Å². The van der Waals surface area contributed by atoms with E-state index in [2.05, 4.69) is 5.32 Å². The number of cyclic esters (lactones) is 1. The zero-order valence-electron chi connectivity index (χ0n) is 10.9. The molecule has 2 rings (SSSR count). The predicted octanol–water partition coefficient (Wildman–Crippen LogP) is 0.720. The minimum Gasteiger partial charge on any atom is -0.447 e. The van der Waals surface area contributed by atoms with E-state index < -0.39 is 33.3 Å². The lowest BCUT2D eigenvalue weighted by atomic mass is 10.0. The van der Waals surface area contributed by atoms with E-state index >= 15 is 0 Å². The zero-order chi connectivity index (χ0) is 15.6. The van der Waals surface area contributed by atoms with Crippen LogP contribution in [-0.2, 0) is 19.0 Å². The molecule has 1 N–H and O–H groups in total. The van der Waals surface area contributed by atoms with Gasteiger partial charge in [0.2, 0.25) is 0 Å². The van der Waals surface area contributed by atoms with Crippen LogP contribution in [0.4, 0.5) is 10.5 Å². The first-order valence-corrected chi connectivity index (χ1v) is 7.64. The lowest BCUT2D eigenvalue weighted by Crippen LogP contribution is -2.35. The van der Waals surface area contributed by atoms with Gasteiger partial charge in [-0.2, -0.15) is 8.42 Å². The molecule has 0 aromatic heterocycles. The number of nitrogens with one attached hydrogen (secondary N) is 1. The second-order valence-corrected chi connectivity index (χ2v) is 6.02. The third-order valence-electron chi connectivity index (χ3n) is 2.77. The second-order valence-electron chi connectivity index (χ2n) is 4.42. The van der Waals surface area contributed by atoms with Gasteiger partial charge in [-0.3, -0.25) is 14.3 Å². The molecule has 1 aromatic carbocycles. The molecule has 0 aliphatic carbocycles. The van der Waals surface area contributed by atoms with Crippen molar-refractivity contribution in [1.29, 1.82) is 0 Å². The summed E-state index contributed by atoms with van der Waals surface area (Å²) in [6, 6.07) is 4.50. The summed E-state index contributed by atoms with van der Waals surface area (Å²) in [4.78, 5) is 21.1. The molecule has 0 bridgehead atoms. The van der Waals surface area contributed by atoms with Crippen LogP contribution in [0.25, 0.3) is 0 Å². The number of nitro benzene ring substituents is 1. The summed E-state index contributed by atoms with van der Waals surface area (Å²) in [5.41, 5.74) is 0.241. The van der Waals surface area contributed by atoms with Crippen LogP contribution in [0, 0.1) is 10.1 Å². The molecule has 1 heterocycles. The molecule has 0 spiro atoms. The van der Waals surface area contributed by atoms with Crippen molar-refractivity contribution >= 4 is 21.9 Å². The van der Waals surface area contributed by atoms with Gasteiger partial charge in [-0.05, 0) is 17.7 Å². The van der Waals surface area contributed by atoms with Crippen molar-refractivity contribution in [2.45, 2.75) is 12.1 Å². The number of nitro groups is 1. The summed E-state index contributed by atoms with van der Waals surface area (Å²) in [5.74, 6) is 0. The van der Waals surface area contributed by atoms with Crippen LogP contribution in [-0.4, -0.2) is 38.3 Å². The van der Waals surface area contributed by atoms with Crippen molar-refractivity contribution in [2.75, 3.05) is 12.9 Å². The highest BCUT2D eigenvalue weighted by Crippen LogP contribution is 2.27. The fourth-order valence-corrected chi connectivity index (χ4v) is 2.51. The highest BCUT2D eigenvalue weighted by Gasteiger charge is 2.34. The van der Waals surface area contributed by atoms with Crippen LogP contribution in [0.3, 0.4) is 0 Å². The van der Waals surface area contributed by atoms with Crippen molar-refractivity contribution < 1.29 is 27.1 Å². The molecule has 1 aromatic rings. The number of rotatable bonds is 5. The lowest BCUT2D eigenvalue weighted by Gasteiger charge is -2.21. The molecule has 1 aliphatic rings. The van der Waals surface area contributed by atoms with Gasteiger partial charge in [0.05, 0.1) is 17.2 Å². The molecule has 2 atom stereocenters. The summed E-state index contributed by atoms with van der Waals surface area (Å²) < 4.78 is 32.4. The van der Waals surface area contributed by atoms with Crippen molar-refractivity contribution in [2.24, 2.45) is 0 Å².